The van der Waals surface area contributed by atoms with Crippen LogP contribution >= 0.6 is 0 Å². The molecule has 0 aromatic heterocycles. The topological polar surface area (TPSA) is 40.3 Å². The van der Waals surface area contributed by atoms with Gasteiger partial charge in [-0.05, 0) is 6.92 Å². The van der Waals surface area contributed by atoms with Gasteiger partial charge in [-0.2, -0.15) is 0 Å². The van der Waals surface area contributed by atoms with Crippen molar-refractivity contribution < 1.29 is 0 Å². The normalized spacial score (nSPS) is 34.0. The van der Waals surface area contributed by atoms with Gasteiger partial charge in [0.15, 0.2) is 6.17 Å². The summed E-state index contributed by atoms with van der Waals surface area (Å²) in [6, 6.07) is 0.264. The summed E-state index contributed by atoms with van der Waals surface area (Å²) in [5, 5.41) is 0. The molecule has 0 saturated carbocycles. The molecule has 11 heavy (non-hydrogen) atoms. The van der Waals surface area contributed by atoms with Crippen LogP contribution in [-0.4, -0.2) is 42.5 Å². The first-order valence-corrected chi connectivity index (χ1v) is 3.60. The van der Waals surface area contributed by atoms with Crippen LogP contribution < -0.4 is 0 Å². The molecule has 2 aliphatic heterocycles. The van der Waals surface area contributed by atoms with Crippen molar-refractivity contribution in [2.45, 2.75) is 19.1 Å². The zero-order valence-electron chi connectivity index (χ0n) is 6.60. The zero-order valence-corrected chi connectivity index (χ0v) is 6.60. The Kier molecular flexibility index (Phi) is 1.27. The summed E-state index contributed by atoms with van der Waals surface area (Å²) in [7, 11) is 1.99. The third kappa shape index (κ3) is 0.859. The molecule has 2 atom stereocenters. The van der Waals surface area contributed by atoms with Gasteiger partial charge >= 0.3 is 0 Å². The van der Waals surface area contributed by atoms with Crippen LogP contribution in [0.5, 0.6) is 0 Å². The number of likely N-dealkylation sites (N-methyl/N-ethyl adjacent to an activating group) is 1. The Morgan fingerprint density at radius 3 is 3.00 bits per heavy atom. The molecule has 2 unspecified atom stereocenters. The summed E-state index contributed by atoms with van der Waals surface area (Å²) >= 11 is 0. The SMILES string of the molecule is CC1=NC=NC2N=CN(C)C12. The largest absolute Gasteiger partial charge is 0.354 e. The summed E-state index contributed by atoms with van der Waals surface area (Å²) in [5.74, 6) is 0. The molecular weight excluding hydrogens is 140 g/mol. The lowest BCUT2D eigenvalue weighted by Gasteiger charge is -2.23. The van der Waals surface area contributed by atoms with E-state index in [0.717, 1.165) is 5.71 Å². The third-order valence-corrected chi connectivity index (χ3v) is 2.03. The van der Waals surface area contributed by atoms with Gasteiger partial charge in [-0.25, -0.2) is 15.0 Å². The lowest BCUT2D eigenvalue weighted by molar-refractivity contribution is 0.442. The Morgan fingerprint density at radius 1 is 1.45 bits per heavy atom. The van der Waals surface area contributed by atoms with E-state index in [0.29, 0.717) is 0 Å². The molecule has 0 bridgehead atoms. The van der Waals surface area contributed by atoms with E-state index in [1.165, 1.54) is 0 Å². The van der Waals surface area contributed by atoms with Crippen molar-refractivity contribution in [3.8, 4) is 0 Å². The summed E-state index contributed by atoms with van der Waals surface area (Å²) in [6.07, 6.45) is 3.46. The average Bonchev–Trinajstić information content (AvgIpc) is 2.34. The van der Waals surface area contributed by atoms with Gasteiger partial charge in [0, 0.05) is 12.8 Å². The Labute approximate surface area is 65.4 Å². The Bertz CT molecular complexity index is 253. The maximum Gasteiger partial charge on any atom is 0.168 e. The second-order valence-electron chi connectivity index (χ2n) is 2.82. The molecule has 2 aliphatic rings. The van der Waals surface area contributed by atoms with E-state index >= 15 is 0 Å². The third-order valence-electron chi connectivity index (χ3n) is 2.03. The zero-order chi connectivity index (χ0) is 7.84. The van der Waals surface area contributed by atoms with Crippen LogP contribution in [0.3, 0.4) is 0 Å². The first-order chi connectivity index (χ1) is 5.29. The van der Waals surface area contributed by atoms with Crippen molar-refractivity contribution in [3.05, 3.63) is 0 Å². The Morgan fingerprint density at radius 2 is 2.27 bits per heavy atom. The predicted octanol–water partition coefficient (Wildman–Crippen LogP) is 0.158. The van der Waals surface area contributed by atoms with Gasteiger partial charge < -0.3 is 4.90 Å². The average molecular weight is 150 g/mol. The van der Waals surface area contributed by atoms with Gasteiger partial charge in [-0.3, -0.25) is 0 Å². The van der Waals surface area contributed by atoms with Crippen molar-refractivity contribution in [3.63, 3.8) is 0 Å². The van der Waals surface area contributed by atoms with Gasteiger partial charge in [0.25, 0.3) is 0 Å². The minimum Gasteiger partial charge on any atom is -0.354 e. The number of hydrogen-bond acceptors (Lipinski definition) is 4. The van der Waals surface area contributed by atoms with E-state index in [1.807, 2.05) is 25.2 Å². The second-order valence-corrected chi connectivity index (χ2v) is 2.82. The number of hydrogen-bond donors (Lipinski definition) is 0. The monoisotopic (exact) mass is 150 g/mol. The van der Waals surface area contributed by atoms with Gasteiger partial charge in [-0.15, -0.1) is 0 Å². The van der Waals surface area contributed by atoms with Crippen LogP contribution in [-0.2, 0) is 0 Å². The molecule has 0 N–H and O–H groups in total. The number of rotatable bonds is 0. The first kappa shape index (κ1) is 6.52. The highest BCUT2D eigenvalue weighted by Crippen LogP contribution is 2.16. The van der Waals surface area contributed by atoms with Crippen molar-refractivity contribution in [1.29, 1.82) is 0 Å². The highest BCUT2D eigenvalue weighted by Gasteiger charge is 2.31. The van der Waals surface area contributed by atoms with Crippen LogP contribution in [0.15, 0.2) is 15.0 Å². The summed E-state index contributed by atoms with van der Waals surface area (Å²) in [5.41, 5.74) is 1.09. The molecule has 4 nitrogen and oxygen atoms in total. The summed E-state index contributed by atoms with van der Waals surface area (Å²) in [4.78, 5) is 14.5. The summed E-state index contributed by atoms with van der Waals surface area (Å²) < 4.78 is 0. The van der Waals surface area contributed by atoms with E-state index in [9.17, 15) is 0 Å². The first-order valence-electron chi connectivity index (χ1n) is 3.60. The van der Waals surface area contributed by atoms with Crippen molar-refractivity contribution in [2.75, 3.05) is 7.05 Å². The Balaban J connectivity index is 2.31. The molecule has 58 valence electrons. The Hall–Kier alpha value is -1.19. The standard InChI is InChI=1S/C7H10N4/c1-5-6-7(9-3-8-5)10-4-11(6)2/h3-4,6-7H,1-2H3. The minimum atomic E-state index is 0.0532. The minimum absolute atomic E-state index is 0.0532. The van der Waals surface area contributed by atoms with Crippen molar-refractivity contribution in [1.82, 2.24) is 4.90 Å². The fourth-order valence-corrected chi connectivity index (χ4v) is 1.44. The van der Waals surface area contributed by atoms with Gasteiger partial charge in [-0.1, -0.05) is 0 Å². The van der Waals surface area contributed by atoms with E-state index < -0.39 is 0 Å². The fourth-order valence-electron chi connectivity index (χ4n) is 1.44. The van der Waals surface area contributed by atoms with Crippen LogP contribution in [0.4, 0.5) is 0 Å². The molecule has 0 aromatic carbocycles. The molecule has 2 rings (SSSR count). The van der Waals surface area contributed by atoms with Crippen LogP contribution in [0.2, 0.25) is 0 Å². The number of aliphatic imine (C=N–C) groups is 3. The molecule has 0 fully saturated rings. The fraction of sp³-hybridized carbons (Fsp3) is 0.571. The molecule has 4 heteroatoms. The molecule has 0 saturated heterocycles. The van der Waals surface area contributed by atoms with Crippen molar-refractivity contribution in [2.24, 2.45) is 15.0 Å². The molecule has 0 amide bonds. The van der Waals surface area contributed by atoms with E-state index in [2.05, 4.69) is 15.0 Å². The van der Waals surface area contributed by atoms with E-state index in [4.69, 9.17) is 0 Å². The number of fused-ring (bicyclic) bond motifs is 1. The number of nitrogens with zero attached hydrogens (tertiary/aromatic N) is 4. The highest BCUT2D eigenvalue weighted by molar-refractivity contribution is 5.97. The highest BCUT2D eigenvalue weighted by atomic mass is 15.3. The van der Waals surface area contributed by atoms with Crippen LogP contribution in [0, 0.1) is 0 Å². The lowest BCUT2D eigenvalue weighted by atomic mass is 10.1. The molecule has 0 spiro atoms. The molecule has 2 heterocycles. The molecule has 0 radical (unpaired) electrons. The van der Waals surface area contributed by atoms with E-state index in [-0.39, 0.29) is 12.2 Å². The van der Waals surface area contributed by atoms with Gasteiger partial charge in [0.2, 0.25) is 0 Å². The van der Waals surface area contributed by atoms with Crippen LogP contribution in [0.1, 0.15) is 6.92 Å². The van der Waals surface area contributed by atoms with Gasteiger partial charge in [0.05, 0.1) is 6.34 Å². The lowest BCUT2D eigenvalue weighted by Crippen LogP contribution is -2.40. The van der Waals surface area contributed by atoms with Gasteiger partial charge in [0.1, 0.15) is 12.4 Å². The maximum atomic E-state index is 4.21. The van der Waals surface area contributed by atoms with E-state index in [1.54, 1.807) is 6.34 Å². The van der Waals surface area contributed by atoms with Crippen molar-refractivity contribution >= 4 is 18.4 Å². The molecular formula is C7H10N4. The quantitative estimate of drug-likeness (QED) is 0.485. The second kappa shape index (κ2) is 2.15. The predicted molar refractivity (Wildman–Crippen MR) is 45.4 cm³/mol. The maximum absolute atomic E-state index is 4.21. The smallest absolute Gasteiger partial charge is 0.168 e. The van der Waals surface area contributed by atoms with Crippen LogP contribution in [0.25, 0.3) is 0 Å². The molecule has 0 aromatic rings. The molecule has 0 aliphatic carbocycles. The summed E-state index contributed by atoms with van der Waals surface area (Å²) in [6.45, 7) is 2.01.